The molecular formula is C16H20O2. The zero-order chi connectivity index (χ0) is 13.4. The van der Waals surface area contributed by atoms with Crippen molar-refractivity contribution >= 4 is 11.7 Å². The zero-order valence-electron chi connectivity index (χ0n) is 11.7. The van der Waals surface area contributed by atoms with Crippen molar-refractivity contribution in [3.05, 3.63) is 40.5 Å². The predicted octanol–water partition coefficient (Wildman–Crippen LogP) is 3.78. The number of aryl methyl sites for hydroxylation is 3. The maximum atomic E-state index is 11.8. The van der Waals surface area contributed by atoms with Crippen molar-refractivity contribution in [3.8, 4) is 0 Å². The highest BCUT2D eigenvalue weighted by Gasteiger charge is 2.28. The average Bonchev–Trinajstić information content (AvgIpc) is 2.24. The van der Waals surface area contributed by atoms with Crippen LogP contribution in [0.2, 0.25) is 0 Å². The van der Waals surface area contributed by atoms with Gasteiger partial charge in [-0.1, -0.05) is 31.5 Å². The summed E-state index contributed by atoms with van der Waals surface area (Å²) in [6.07, 6.45) is 2.07. The van der Waals surface area contributed by atoms with E-state index < -0.39 is 0 Å². The number of allylic oxidation sites excluding steroid dienone is 1. The second kappa shape index (κ2) is 4.60. The number of cyclic esters (lactones) is 1. The van der Waals surface area contributed by atoms with Crippen LogP contribution in [0.15, 0.2) is 18.2 Å². The number of hydrogen-bond acceptors (Lipinski definition) is 2. The number of esters is 1. The van der Waals surface area contributed by atoms with E-state index in [2.05, 4.69) is 45.9 Å². The highest BCUT2D eigenvalue weighted by Crippen LogP contribution is 2.32. The first-order valence-electron chi connectivity index (χ1n) is 6.42. The molecule has 1 aromatic rings. The van der Waals surface area contributed by atoms with E-state index in [1.807, 2.05) is 6.92 Å². The van der Waals surface area contributed by atoms with E-state index in [1.54, 1.807) is 0 Å². The molecule has 1 aromatic carbocycles. The smallest absolute Gasteiger partial charge is 0.314 e. The summed E-state index contributed by atoms with van der Waals surface area (Å²) in [4.78, 5) is 11.8. The number of hydrogen-bond donors (Lipinski definition) is 0. The van der Waals surface area contributed by atoms with E-state index in [4.69, 9.17) is 4.74 Å². The van der Waals surface area contributed by atoms with E-state index in [0.29, 0.717) is 0 Å². The minimum absolute atomic E-state index is 0.0557. The van der Waals surface area contributed by atoms with Crippen LogP contribution in [0.25, 0.3) is 5.76 Å². The fourth-order valence-corrected chi connectivity index (χ4v) is 2.54. The molecular weight excluding hydrogens is 224 g/mol. The second-order valence-corrected chi connectivity index (χ2v) is 5.37. The molecule has 1 heterocycles. The van der Waals surface area contributed by atoms with Gasteiger partial charge in [0.15, 0.2) is 0 Å². The van der Waals surface area contributed by atoms with Crippen LogP contribution in [-0.2, 0) is 9.53 Å². The summed E-state index contributed by atoms with van der Waals surface area (Å²) in [6, 6.07) is 4.25. The van der Waals surface area contributed by atoms with Gasteiger partial charge in [-0.25, -0.2) is 0 Å². The van der Waals surface area contributed by atoms with Crippen molar-refractivity contribution in [2.75, 3.05) is 0 Å². The molecule has 0 fully saturated rings. The van der Waals surface area contributed by atoms with Gasteiger partial charge in [0.2, 0.25) is 0 Å². The van der Waals surface area contributed by atoms with Gasteiger partial charge in [-0.05, 0) is 43.9 Å². The van der Waals surface area contributed by atoms with Crippen molar-refractivity contribution in [1.82, 2.24) is 0 Å². The van der Waals surface area contributed by atoms with Crippen LogP contribution in [0.5, 0.6) is 0 Å². The maximum absolute atomic E-state index is 11.8. The summed E-state index contributed by atoms with van der Waals surface area (Å²) in [5.74, 6) is 0.765. The zero-order valence-corrected chi connectivity index (χ0v) is 11.7. The molecule has 0 spiro atoms. The van der Waals surface area contributed by atoms with Crippen LogP contribution in [0.1, 0.15) is 36.1 Å². The first kappa shape index (κ1) is 12.9. The van der Waals surface area contributed by atoms with Gasteiger partial charge in [0.1, 0.15) is 5.76 Å². The maximum Gasteiger partial charge on any atom is 0.314 e. The van der Waals surface area contributed by atoms with E-state index in [9.17, 15) is 4.79 Å². The van der Waals surface area contributed by atoms with E-state index in [1.165, 1.54) is 5.56 Å². The normalized spacial score (nSPS) is 23.6. The van der Waals surface area contributed by atoms with Crippen molar-refractivity contribution in [2.45, 2.75) is 34.6 Å². The molecule has 0 saturated carbocycles. The van der Waals surface area contributed by atoms with Crippen LogP contribution in [-0.4, -0.2) is 5.97 Å². The summed E-state index contributed by atoms with van der Waals surface area (Å²) in [6.45, 7) is 10.2. The Morgan fingerprint density at radius 3 is 2.11 bits per heavy atom. The molecule has 0 radical (unpaired) electrons. The highest BCUT2D eigenvalue weighted by atomic mass is 16.5. The fourth-order valence-electron chi connectivity index (χ4n) is 2.54. The predicted molar refractivity (Wildman–Crippen MR) is 73.1 cm³/mol. The van der Waals surface area contributed by atoms with Gasteiger partial charge in [-0.3, -0.25) is 4.79 Å². The first-order chi connectivity index (χ1) is 8.40. The van der Waals surface area contributed by atoms with Crippen molar-refractivity contribution in [3.63, 3.8) is 0 Å². The monoisotopic (exact) mass is 244 g/mol. The van der Waals surface area contributed by atoms with Crippen molar-refractivity contribution < 1.29 is 9.53 Å². The third-order valence-corrected chi connectivity index (χ3v) is 3.71. The highest BCUT2D eigenvalue weighted by molar-refractivity contribution is 5.84. The van der Waals surface area contributed by atoms with Gasteiger partial charge in [0.25, 0.3) is 0 Å². The van der Waals surface area contributed by atoms with Gasteiger partial charge in [-0.2, -0.15) is 0 Å². The lowest BCUT2D eigenvalue weighted by Gasteiger charge is -2.25. The first-order valence-corrected chi connectivity index (χ1v) is 6.42. The largest absolute Gasteiger partial charge is 0.426 e. The molecule has 18 heavy (non-hydrogen) atoms. The van der Waals surface area contributed by atoms with E-state index in [-0.39, 0.29) is 17.8 Å². The lowest BCUT2D eigenvalue weighted by Crippen LogP contribution is -2.25. The number of benzene rings is 1. The molecule has 2 nitrogen and oxygen atoms in total. The minimum atomic E-state index is -0.126. The molecule has 96 valence electrons. The molecule has 1 aliphatic rings. The van der Waals surface area contributed by atoms with Gasteiger partial charge in [0, 0.05) is 5.56 Å². The Hall–Kier alpha value is -1.57. The number of ether oxygens (including phenoxy) is 1. The Balaban J connectivity index is 2.50. The molecule has 2 heteroatoms. The van der Waals surface area contributed by atoms with E-state index in [0.717, 1.165) is 22.4 Å². The Labute approximate surface area is 109 Å². The minimum Gasteiger partial charge on any atom is -0.426 e. The molecule has 0 amide bonds. The van der Waals surface area contributed by atoms with E-state index >= 15 is 0 Å². The molecule has 0 aliphatic carbocycles. The molecule has 0 unspecified atom stereocenters. The summed E-state index contributed by atoms with van der Waals surface area (Å²) in [7, 11) is 0. The average molecular weight is 244 g/mol. The Morgan fingerprint density at radius 1 is 1.06 bits per heavy atom. The third-order valence-electron chi connectivity index (χ3n) is 3.71. The Morgan fingerprint density at radius 2 is 1.61 bits per heavy atom. The molecule has 0 saturated heterocycles. The molecule has 2 atom stereocenters. The topological polar surface area (TPSA) is 26.3 Å². The lowest BCUT2D eigenvalue weighted by atomic mass is 9.90. The number of carbonyl (C=O) groups is 1. The lowest BCUT2D eigenvalue weighted by molar-refractivity contribution is -0.142. The Kier molecular flexibility index (Phi) is 3.29. The van der Waals surface area contributed by atoms with Crippen molar-refractivity contribution in [2.24, 2.45) is 11.8 Å². The van der Waals surface area contributed by atoms with Gasteiger partial charge in [-0.15, -0.1) is 0 Å². The van der Waals surface area contributed by atoms with Crippen LogP contribution >= 0.6 is 0 Å². The molecule has 0 N–H and O–H groups in total. The van der Waals surface area contributed by atoms with Gasteiger partial charge < -0.3 is 4.74 Å². The Bertz CT molecular complexity index is 503. The second-order valence-electron chi connectivity index (χ2n) is 5.37. The third kappa shape index (κ3) is 2.20. The molecule has 0 aromatic heterocycles. The van der Waals surface area contributed by atoms with Gasteiger partial charge >= 0.3 is 5.97 Å². The molecule has 0 bridgehead atoms. The fraction of sp³-hybridized carbons (Fsp3) is 0.438. The number of rotatable bonds is 1. The van der Waals surface area contributed by atoms with Crippen LogP contribution < -0.4 is 0 Å². The molecule has 1 aliphatic heterocycles. The van der Waals surface area contributed by atoms with Gasteiger partial charge in [0.05, 0.1) is 5.92 Å². The summed E-state index contributed by atoms with van der Waals surface area (Å²) < 4.78 is 5.48. The van der Waals surface area contributed by atoms with Crippen LogP contribution in [0, 0.1) is 32.6 Å². The van der Waals surface area contributed by atoms with Crippen LogP contribution in [0.3, 0.4) is 0 Å². The summed E-state index contributed by atoms with van der Waals surface area (Å²) >= 11 is 0. The SMILES string of the molecule is Cc1cc(C)c(C2=C[C@H](C)[C@@H](C)C(=O)O2)c(C)c1. The summed E-state index contributed by atoms with van der Waals surface area (Å²) in [5.41, 5.74) is 4.62. The molecule has 2 rings (SSSR count). The standard InChI is InChI=1S/C16H20O2/c1-9-6-11(3)15(12(4)7-9)14-8-10(2)13(5)16(17)18-14/h6-8,10,13H,1-5H3/t10-,13+/m0/s1. The van der Waals surface area contributed by atoms with Crippen LogP contribution in [0.4, 0.5) is 0 Å². The number of carbonyl (C=O) groups excluding carboxylic acids is 1. The summed E-state index contributed by atoms with van der Waals surface area (Å²) in [5, 5.41) is 0. The van der Waals surface area contributed by atoms with Crippen molar-refractivity contribution in [1.29, 1.82) is 0 Å². The quantitative estimate of drug-likeness (QED) is 0.703.